The fourth-order valence-corrected chi connectivity index (χ4v) is 11.4. The van der Waals surface area contributed by atoms with Gasteiger partial charge in [0.05, 0.1) is 7.92 Å². The van der Waals surface area contributed by atoms with Crippen molar-refractivity contribution in [2.75, 3.05) is 14.1 Å². The van der Waals surface area contributed by atoms with Crippen molar-refractivity contribution in [1.82, 2.24) is 4.90 Å². The first kappa shape index (κ1) is 37.5. The molecule has 1 atom stereocenters. The standard InChI is InChI=1S/C38H34NP2.C5H5.Cu.Fe/c1-39(2)38(35-27-17-29-37(35)41(32-22-11-5-12-23-32)33-24-13-6-14-25-33)34-26-15-16-28-36(34)40(30-18-7-3-8-19-30)31-20-9-4-10-21-31;1-2-4-5-3-1;;/h3-29,38H,1-2H3;1-5H;;/q2*-1;;+2/p+1. The van der Waals surface area contributed by atoms with Crippen LogP contribution in [0.15, 0.2) is 194 Å². The van der Waals surface area contributed by atoms with Crippen molar-refractivity contribution in [3.8, 4) is 0 Å². The van der Waals surface area contributed by atoms with E-state index in [0.717, 1.165) is 0 Å². The van der Waals surface area contributed by atoms with Crippen LogP contribution in [0, 0.1) is 0 Å². The van der Waals surface area contributed by atoms with Crippen LogP contribution in [0.5, 0.6) is 0 Å². The Morgan fingerprint density at radius 2 is 0.979 bits per heavy atom. The molecule has 0 spiro atoms. The van der Waals surface area contributed by atoms with Crippen LogP contribution in [0.3, 0.4) is 0 Å². The molecule has 1 nitrogen and oxygen atoms in total. The van der Waals surface area contributed by atoms with E-state index in [4.69, 9.17) is 0 Å². The van der Waals surface area contributed by atoms with Gasteiger partial charge < -0.3 is 4.90 Å². The summed E-state index contributed by atoms with van der Waals surface area (Å²) in [5.74, 6) is 0. The second-order valence-corrected chi connectivity index (χ2v) is 16.0. The van der Waals surface area contributed by atoms with Crippen LogP contribution in [0.4, 0.5) is 0 Å². The molecule has 0 aromatic heterocycles. The van der Waals surface area contributed by atoms with Gasteiger partial charge in [-0.05, 0) is 63.0 Å². The second kappa shape index (κ2) is 19.0. The molecule has 0 heterocycles. The maximum Gasteiger partial charge on any atom is 2.00 e. The third-order valence-electron chi connectivity index (χ3n) is 8.11. The molecule has 0 amide bonds. The zero-order chi connectivity index (χ0) is 31.6. The van der Waals surface area contributed by atoms with Crippen LogP contribution in [0.1, 0.15) is 17.2 Å². The van der Waals surface area contributed by atoms with Crippen LogP contribution in [0.2, 0.25) is 0 Å². The van der Waals surface area contributed by atoms with E-state index in [9.17, 15) is 0 Å². The van der Waals surface area contributed by atoms with Gasteiger partial charge in [0, 0.05) is 28.7 Å². The summed E-state index contributed by atoms with van der Waals surface area (Å²) in [4.78, 5) is 2.40. The van der Waals surface area contributed by atoms with E-state index in [1.54, 1.807) is 0 Å². The van der Waals surface area contributed by atoms with Crippen LogP contribution >= 0.6 is 15.8 Å². The second-order valence-electron chi connectivity index (χ2n) is 11.4. The first-order chi connectivity index (χ1) is 22.7. The fraction of sp³-hybridized carbons (Fsp3) is 0.0698. The van der Waals surface area contributed by atoms with E-state index >= 15 is 0 Å². The third-order valence-corrected chi connectivity index (χ3v) is 13.4. The maximum absolute atomic E-state index is 2.40. The number of rotatable bonds is 9. The van der Waals surface area contributed by atoms with Gasteiger partial charge in [0.1, 0.15) is 15.9 Å². The quantitative estimate of drug-likeness (QED) is 0.0831. The Morgan fingerprint density at radius 3 is 1.44 bits per heavy atom. The zero-order valence-electron chi connectivity index (χ0n) is 27.1. The molecule has 7 aromatic rings. The molecule has 245 valence electrons. The van der Waals surface area contributed by atoms with Crippen molar-refractivity contribution < 1.29 is 34.1 Å². The maximum atomic E-state index is 2.40. The monoisotopic (exact) mass is 751 g/mol. The van der Waals surface area contributed by atoms with Gasteiger partial charge in [-0.2, -0.15) is 35.9 Å². The molecule has 5 heteroatoms. The average molecular weight is 752 g/mol. The van der Waals surface area contributed by atoms with Gasteiger partial charge in [0.15, 0.2) is 0 Å². The smallest absolute Gasteiger partial charge is 0.310 e. The molecule has 0 aliphatic heterocycles. The van der Waals surface area contributed by atoms with Crippen LogP contribution in [-0.2, 0) is 34.1 Å². The normalized spacial score (nSPS) is 11.3. The van der Waals surface area contributed by atoms with Gasteiger partial charge in [-0.25, -0.2) is 18.2 Å². The summed E-state index contributed by atoms with van der Waals surface area (Å²) in [7, 11) is 2.51. The van der Waals surface area contributed by atoms with Crippen LogP contribution in [-0.4, -0.2) is 19.0 Å². The molecule has 0 N–H and O–H groups in total. The Labute approximate surface area is 310 Å². The van der Waals surface area contributed by atoms with Gasteiger partial charge in [-0.15, -0.1) is 5.30 Å². The fourth-order valence-electron chi connectivity index (χ4n) is 6.14. The van der Waals surface area contributed by atoms with Gasteiger partial charge in [0.2, 0.25) is 0 Å². The molecule has 0 aliphatic carbocycles. The molecule has 7 rings (SSSR count). The molecule has 1 unspecified atom stereocenters. The molecule has 7 aromatic carbocycles. The Morgan fingerprint density at radius 1 is 0.521 bits per heavy atom. The first-order valence-electron chi connectivity index (χ1n) is 15.8. The van der Waals surface area contributed by atoms with Gasteiger partial charge in [0.25, 0.3) is 0 Å². The van der Waals surface area contributed by atoms with E-state index in [0.29, 0.717) is 0 Å². The largest absolute Gasteiger partial charge is 2.00 e. The van der Waals surface area contributed by atoms with E-state index in [1.807, 2.05) is 30.3 Å². The Kier molecular flexibility index (Phi) is 14.8. The Hall–Kier alpha value is -3.34. The summed E-state index contributed by atoms with van der Waals surface area (Å²) in [6, 6.07) is 70.5. The topological polar surface area (TPSA) is 3.24 Å². The molecule has 0 bridgehead atoms. The average Bonchev–Trinajstić information content (AvgIpc) is 3.85. The van der Waals surface area contributed by atoms with Crippen LogP contribution < -0.4 is 31.8 Å². The van der Waals surface area contributed by atoms with Crippen LogP contribution in [0.25, 0.3) is 0 Å². The predicted molar refractivity (Wildman–Crippen MR) is 205 cm³/mol. The minimum atomic E-state index is -1.23. The molecule has 1 radical (unpaired) electrons. The van der Waals surface area contributed by atoms with Gasteiger partial charge in [-0.3, -0.25) is 0 Å². The number of hydrogen-bond acceptors (Lipinski definition) is 1. The number of hydrogen-bond donors (Lipinski definition) is 0. The molecular weight excluding hydrogens is 712 g/mol. The van der Waals surface area contributed by atoms with Crippen molar-refractivity contribution in [1.29, 1.82) is 0 Å². The molecule has 0 aliphatic rings. The summed E-state index contributed by atoms with van der Waals surface area (Å²) < 4.78 is 0. The molecule has 48 heavy (non-hydrogen) atoms. The van der Waals surface area contributed by atoms with Crippen molar-refractivity contribution >= 4 is 47.7 Å². The van der Waals surface area contributed by atoms with Gasteiger partial charge >= 0.3 is 17.1 Å². The van der Waals surface area contributed by atoms with E-state index < -0.39 is 15.8 Å². The number of benzene rings is 5. The van der Waals surface area contributed by atoms with Crippen molar-refractivity contribution in [2.24, 2.45) is 0 Å². The SMILES string of the molecule is CN(C)C(c1ccccc1[PH+](c1ccccc1)c1ccccc1)c1cc[cH-]c1P(c1ccccc1)c1ccccc1.[Cu].[Fe+2].c1cc[cH-]c1. The molecule has 0 saturated heterocycles. The van der Waals surface area contributed by atoms with E-state index in [2.05, 4.69) is 183 Å². The van der Waals surface area contributed by atoms with Crippen molar-refractivity contribution in [3.05, 3.63) is 205 Å². The zero-order valence-corrected chi connectivity index (χ0v) is 31.0. The molecular formula is C43H40CuFeNP2+. The van der Waals surface area contributed by atoms with E-state index in [1.165, 1.54) is 43.0 Å². The first-order valence-corrected chi connectivity index (χ1v) is 18.6. The summed E-state index contributed by atoms with van der Waals surface area (Å²) in [6.45, 7) is 0. The summed E-state index contributed by atoms with van der Waals surface area (Å²) in [5.41, 5.74) is 2.78. The molecule has 0 fully saturated rings. The van der Waals surface area contributed by atoms with E-state index in [-0.39, 0.29) is 40.2 Å². The minimum absolute atomic E-state index is 0. The Bertz CT molecular complexity index is 1780. The van der Waals surface area contributed by atoms with Crippen molar-refractivity contribution in [2.45, 2.75) is 6.04 Å². The summed E-state index contributed by atoms with van der Waals surface area (Å²) in [5, 5.41) is 8.46. The molecule has 0 saturated carbocycles. The summed E-state index contributed by atoms with van der Waals surface area (Å²) in [6.07, 6.45) is 0. The minimum Gasteiger partial charge on any atom is -0.310 e. The van der Waals surface area contributed by atoms with Crippen molar-refractivity contribution in [3.63, 3.8) is 0 Å². The van der Waals surface area contributed by atoms with Gasteiger partial charge in [-0.1, -0.05) is 115 Å². The summed E-state index contributed by atoms with van der Waals surface area (Å²) >= 11 is 0. The third kappa shape index (κ3) is 9.01. The predicted octanol–water partition coefficient (Wildman–Crippen LogP) is 7.71. The number of nitrogens with zero attached hydrogens (tertiary/aromatic N) is 1. The Balaban J connectivity index is 0.000000682.